The van der Waals surface area contributed by atoms with Gasteiger partial charge in [-0.15, -0.1) is 0 Å². The van der Waals surface area contributed by atoms with Gasteiger partial charge in [0.05, 0.1) is 30.4 Å². The maximum atomic E-state index is 15.4. The summed E-state index contributed by atoms with van der Waals surface area (Å²) in [6.07, 6.45) is 3.26. The van der Waals surface area contributed by atoms with Gasteiger partial charge in [-0.25, -0.2) is 9.18 Å². The molecule has 0 bridgehead atoms. The first-order chi connectivity index (χ1) is 19.9. The van der Waals surface area contributed by atoms with Crippen molar-refractivity contribution in [3.8, 4) is 0 Å². The molecule has 0 fully saturated rings. The van der Waals surface area contributed by atoms with Gasteiger partial charge in [-0.3, -0.25) is 19.5 Å². The number of aromatic nitrogens is 1. The number of nitrogens with two attached hydrogens (primary N) is 1. The Morgan fingerprint density at radius 2 is 1.66 bits per heavy atom. The summed E-state index contributed by atoms with van der Waals surface area (Å²) >= 11 is 0. The van der Waals surface area contributed by atoms with E-state index in [1.54, 1.807) is 38.2 Å². The van der Waals surface area contributed by atoms with Gasteiger partial charge in [-0.05, 0) is 49.6 Å². The third-order valence-electron chi connectivity index (χ3n) is 7.41. The third-order valence-corrected chi connectivity index (χ3v) is 7.41. The number of allylic oxidation sites excluding steroid dienone is 2. The van der Waals surface area contributed by atoms with Gasteiger partial charge >= 0.3 is 11.9 Å². The maximum Gasteiger partial charge on any atom is 0.338 e. The number of carbonyl (C=O) groups excluding carboxylic acids is 3. The number of anilines is 1. The molecule has 1 aliphatic carbocycles. The number of carbonyl (C=O) groups is 3. The molecule has 0 unspecified atom stereocenters. The number of hydrogen-bond acceptors (Lipinski definition) is 8. The van der Waals surface area contributed by atoms with Crippen LogP contribution in [0.3, 0.4) is 0 Å². The number of para-hydroxylation sites is 1. The Morgan fingerprint density at radius 3 is 2.32 bits per heavy atom. The monoisotopic (exact) mass is 555 g/mol. The molecule has 0 saturated carbocycles. The van der Waals surface area contributed by atoms with Crippen molar-refractivity contribution < 1.29 is 28.2 Å². The van der Waals surface area contributed by atoms with Crippen molar-refractivity contribution in [2.24, 2.45) is 11.7 Å². The van der Waals surface area contributed by atoms with Crippen LogP contribution < -0.4 is 10.6 Å². The van der Waals surface area contributed by atoms with Crippen LogP contribution in [-0.4, -0.2) is 35.9 Å². The van der Waals surface area contributed by atoms with Crippen LogP contribution in [0, 0.1) is 11.7 Å². The van der Waals surface area contributed by atoms with Crippen molar-refractivity contribution in [3.05, 3.63) is 119 Å². The fourth-order valence-corrected chi connectivity index (χ4v) is 5.74. The molecule has 41 heavy (non-hydrogen) atoms. The second kappa shape index (κ2) is 11.8. The fourth-order valence-electron chi connectivity index (χ4n) is 5.74. The van der Waals surface area contributed by atoms with Crippen molar-refractivity contribution >= 4 is 23.4 Å². The molecule has 9 heteroatoms. The van der Waals surface area contributed by atoms with Crippen LogP contribution in [0.15, 0.2) is 102 Å². The molecule has 2 heterocycles. The molecule has 0 radical (unpaired) electrons. The molecule has 0 saturated heterocycles. The first-order valence-corrected chi connectivity index (χ1v) is 13.5. The lowest BCUT2D eigenvalue weighted by atomic mass is 9.67. The summed E-state index contributed by atoms with van der Waals surface area (Å²) < 4.78 is 26.2. The highest BCUT2D eigenvalue weighted by molar-refractivity contribution is 6.14. The molecule has 8 nitrogen and oxygen atoms in total. The van der Waals surface area contributed by atoms with Gasteiger partial charge in [0.25, 0.3) is 0 Å². The Balaban J connectivity index is 1.82. The van der Waals surface area contributed by atoms with Gasteiger partial charge in [0.15, 0.2) is 5.78 Å². The van der Waals surface area contributed by atoms with Gasteiger partial charge < -0.3 is 15.2 Å². The molecule has 3 atom stereocenters. The predicted octanol–water partition coefficient (Wildman–Crippen LogP) is 4.75. The van der Waals surface area contributed by atoms with E-state index in [0.29, 0.717) is 11.3 Å². The topological polar surface area (TPSA) is 112 Å². The summed E-state index contributed by atoms with van der Waals surface area (Å²) in [4.78, 5) is 47.2. The van der Waals surface area contributed by atoms with E-state index < -0.39 is 41.3 Å². The molecule has 5 rings (SSSR count). The molecule has 3 aromatic rings. The van der Waals surface area contributed by atoms with Gasteiger partial charge in [0.1, 0.15) is 17.6 Å². The number of ether oxygens (including phenoxy) is 2. The summed E-state index contributed by atoms with van der Waals surface area (Å²) in [7, 11) is 0. The lowest BCUT2D eigenvalue weighted by molar-refractivity contribution is -0.152. The van der Waals surface area contributed by atoms with E-state index >= 15 is 4.39 Å². The number of nitrogens with zero attached hydrogens (tertiary/aromatic N) is 2. The van der Waals surface area contributed by atoms with E-state index in [9.17, 15) is 14.4 Å². The van der Waals surface area contributed by atoms with Crippen molar-refractivity contribution in [1.82, 2.24) is 4.98 Å². The minimum atomic E-state index is -1.19. The summed E-state index contributed by atoms with van der Waals surface area (Å²) in [5.41, 5.74) is 8.59. The van der Waals surface area contributed by atoms with Gasteiger partial charge in [-0.2, -0.15) is 0 Å². The molecule has 210 valence electrons. The predicted molar refractivity (Wildman–Crippen MR) is 150 cm³/mol. The SMILES string of the molecule is CCOC(=O)C1=C(N)N(c2ccccc2F)C2=C(C(=O)[C@H](C(=O)OCC)[C@@H](c3ccccc3)C2)[C@H]1c1cccnc1. The van der Waals surface area contributed by atoms with E-state index in [2.05, 4.69) is 4.98 Å². The summed E-state index contributed by atoms with van der Waals surface area (Å²) in [6, 6.07) is 18.6. The van der Waals surface area contributed by atoms with E-state index in [4.69, 9.17) is 15.2 Å². The Morgan fingerprint density at radius 1 is 0.976 bits per heavy atom. The number of ketones is 1. The van der Waals surface area contributed by atoms with Gasteiger partial charge in [-0.1, -0.05) is 48.5 Å². The van der Waals surface area contributed by atoms with Crippen LogP contribution in [0.5, 0.6) is 0 Å². The Kier molecular flexibility index (Phi) is 7.96. The highest BCUT2D eigenvalue weighted by Crippen LogP contribution is 2.51. The minimum absolute atomic E-state index is 0.0315. The average Bonchev–Trinajstić information content (AvgIpc) is 2.98. The van der Waals surface area contributed by atoms with Crippen molar-refractivity contribution in [2.45, 2.75) is 32.1 Å². The minimum Gasteiger partial charge on any atom is -0.465 e. The van der Waals surface area contributed by atoms with E-state index in [0.717, 1.165) is 5.56 Å². The zero-order valence-electron chi connectivity index (χ0n) is 22.7. The fraction of sp³-hybridized carbons (Fsp3) is 0.250. The van der Waals surface area contributed by atoms with Crippen LogP contribution >= 0.6 is 0 Å². The lowest BCUT2D eigenvalue weighted by Gasteiger charge is -2.44. The molecule has 1 aromatic heterocycles. The van der Waals surface area contributed by atoms with Crippen LogP contribution in [0.4, 0.5) is 10.1 Å². The van der Waals surface area contributed by atoms with Gasteiger partial charge in [0.2, 0.25) is 0 Å². The first kappa shape index (κ1) is 27.8. The number of halogens is 1. The quantitative estimate of drug-likeness (QED) is 0.329. The maximum absolute atomic E-state index is 15.4. The second-order valence-electron chi connectivity index (χ2n) is 9.70. The number of pyridine rings is 1. The largest absolute Gasteiger partial charge is 0.465 e. The van der Waals surface area contributed by atoms with Gasteiger partial charge in [0, 0.05) is 29.6 Å². The normalized spacial score (nSPS) is 20.5. The van der Waals surface area contributed by atoms with Crippen LogP contribution in [0.1, 0.15) is 43.2 Å². The highest BCUT2D eigenvalue weighted by atomic mass is 19.1. The zero-order valence-corrected chi connectivity index (χ0v) is 22.7. The number of rotatable bonds is 7. The van der Waals surface area contributed by atoms with Crippen molar-refractivity contribution in [3.63, 3.8) is 0 Å². The van der Waals surface area contributed by atoms with Crippen molar-refractivity contribution in [1.29, 1.82) is 0 Å². The molecule has 0 amide bonds. The number of Topliss-reactive ketones (excluding diaryl/α,β-unsaturated/α-hetero) is 1. The summed E-state index contributed by atoms with van der Waals surface area (Å²) in [6.45, 7) is 3.47. The molecule has 2 aliphatic rings. The summed E-state index contributed by atoms with van der Waals surface area (Å²) in [5, 5.41) is 0. The number of hydrogen-bond donors (Lipinski definition) is 1. The molecular formula is C32H30FN3O5. The zero-order chi connectivity index (χ0) is 29.1. The smallest absolute Gasteiger partial charge is 0.338 e. The van der Waals surface area contributed by atoms with E-state index in [-0.39, 0.29) is 42.3 Å². The average molecular weight is 556 g/mol. The standard InChI is InChI=1S/C32H30FN3O5/c1-3-40-31(38)26-21(19-11-6-5-7-12-19)17-24-27(29(26)37)25(20-13-10-16-35-18-20)28(32(39)41-4-2)30(34)36(24)23-15-9-8-14-22(23)33/h5-16,18,21,25-26H,3-4,17,34H2,1-2H3/t21-,25-,26-/m1/s1. The molecular weight excluding hydrogens is 525 g/mol. The lowest BCUT2D eigenvalue weighted by Crippen LogP contribution is -2.46. The van der Waals surface area contributed by atoms with E-state index in [1.807, 2.05) is 30.3 Å². The Bertz CT molecular complexity index is 1540. The number of esters is 2. The van der Waals surface area contributed by atoms with E-state index in [1.165, 1.54) is 29.3 Å². The summed E-state index contributed by atoms with van der Waals surface area (Å²) in [5.74, 6) is -5.41. The molecule has 1 aliphatic heterocycles. The molecule has 2 N–H and O–H groups in total. The molecule has 2 aromatic carbocycles. The first-order valence-electron chi connectivity index (χ1n) is 13.5. The molecule has 0 spiro atoms. The second-order valence-corrected chi connectivity index (χ2v) is 9.70. The van der Waals surface area contributed by atoms with Crippen LogP contribution in [0.2, 0.25) is 0 Å². The van der Waals surface area contributed by atoms with Crippen LogP contribution in [-0.2, 0) is 23.9 Å². The Hall–Kier alpha value is -4.79. The third kappa shape index (κ3) is 4.99. The Labute approximate surface area is 237 Å². The van der Waals surface area contributed by atoms with Crippen LogP contribution in [0.25, 0.3) is 0 Å². The highest BCUT2D eigenvalue weighted by Gasteiger charge is 2.51. The van der Waals surface area contributed by atoms with Crippen molar-refractivity contribution in [2.75, 3.05) is 18.1 Å². The number of benzene rings is 2.